The number of hydrogen-bond acceptors (Lipinski definition) is 7. The second-order valence-electron chi connectivity index (χ2n) is 7.18. The van der Waals surface area contributed by atoms with Crippen molar-refractivity contribution in [3.05, 3.63) is 23.8 Å². The molecule has 0 aromatic heterocycles. The Hall–Kier alpha value is -1.45. The highest BCUT2D eigenvalue weighted by Gasteiger charge is 2.29. The number of nitrogens with zero attached hydrogens (tertiary/aromatic N) is 2. The second-order valence-corrected chi connectivity index (χ2v) is 10.7. The highest BCUT2D eigenvalue weighted by Crippen LogP contribution is 2.28. The van der Waals surface area contributed by atoms with Gasteiger partial charge in [0.2, 0.25) is 5.91 Å². The Kier molecular flexibility index (Phi) is 7.11. The molecule has 0 bridgehead atoms. The summed E-state index contributed by atoms with van der Waals surface area (Å²) < 4.78 is 33.7. The van der Waals surface area contributed by atoms with E-state index in [1.165, 1.54) is 11.8 Å². The summed E-state index contributed by atoms with van der Waals surface area (Å²) in [7, 11) is 0.369. The Morgan fingerprint density at radius 3 is 2.46 bits per heavy atom. The van der Waals surface area contributed by atoms with Crippen molar-refractivity contribution in [2.24, 2.45) is 0 Å². The number of carbonyl (C=O) groups is 1. The SMILES string of the molecule is COc1ccc(CN2CCN(C(=O)CSC3CCS(=O)(=O)C3)CC2)cc1OC. The van der Waals surface area contributed by atoms with Crippen molar-refractivity contribution >= 4 is 27.5 Å². The molecule has 28 heavy (non-hydrogen) atoms. The number of benzene rings is 1. The van der Waals surface area contributed by atoms with Gasteiger partial charge in [-0.1, -0.05) is 6.07 Å². The average molecular weight is 429 g/mol. The largest absolute Gasteiger partial charge is 0.493 e. The normalized spacial score (nSPS) is 22.2. The van der Waals surface area contributed by atoms with Crippen LogP contribution in [0.4, 0.5) is 0 Å². The van der Waals surface area contributed by atoms with E-state index in [0.29, 0.717) is 31.0 Å². The van der Waals surface area contributed by atoms with Crippen molar-refractivity contribution in [1.29, 1.82) is 0 Å². The van der Waals surface area contributed by atoms with E-state index < -0.39 is 9.84 Å². The van der Waals surface area contributed by atoms with Crippen LogP contribution in [0.2, 0.25) is 0 Å². The van der Waals surface area contributed by atoms with E-state index in [0.717, 1.165) is 30.9 Å². The summed E-state index contributed by atoms with van der Waals surface area (Å²) in [4.78, 5) is 16.7. The van der Waals surface area contributed by atoms with Crippen molar-refractivity contribution in [2.75, 3.05) is 57.7 Å². The Morgan fingerprint density at radius 1 is 1.14 bits per heavy atom. The van der Waals surface area contributed by atoms with Gasteiger partial charge in [-0.05, 0) is 24.1 Å². The van der Waals surface area contributed by atoms with Crippen LogP contribution in [0.15, 0.2) is 18.2 Å². The van der Waals surface area contributed by atoms with Crippen molar-refractivity contribution in [3.8, 4) is 11.5 Å². The van der Waals surface area contributed by atoms with Gasteiger partial charge in [-0.15, -0.1) is 11.8 Å². The van der Waals surface area contributed by atoms with Crippen LogP contribution in [0.1, 0.15) is 12.0 Å². The first-order valence-corrected chi connectivity index (χ1v) is 12.3. The van der Waals surface area contributed by atoms with Crippen LogP contribution in [0.5, 0.6) is 11.5 Å². The fourth-order valence-corrected chi connectivity index (χ4v) is 7.11. The zero-order chi connectivity index (χ0) is 20.1. The third-order valence-electron chi connectivity index (χ3n) is 5.21. The average Bonchev–Trinajstić information content (AvgIpc) is 3.05. The highest BCUT2D eigenvalue weighted by molar-refractivity contribution is 8.02. The number of piperazine rings is 1. The van der Waals surface area contributed by atoms with Crippen molar-refractivity contribution in [3.63, 3.8) is 0 Å². The first-order chi connectivity index (χ1) is 13.4. The summed E-state index contributed by atoms with van der Waals surface area (Å²) >= 11 is 1.49. The Bertz CT molecular complexity index is 792. The molecule has 2 heterocycles. The van der Waals surface area contributed by atoms with Gasteiger partial charge in [-0.25, -0.2) is 8.42 Å². The van der Waals surface area contributed by atoms with Crippen LogP contribution in [-0.2, 0) is 21.2 Å². The standard InChI is InChI=1S/C19H28N2O5S2/c1-25-17-4-3-15(11-18(17)26-2)12-20-6-8-21(9-7-20)19(22)13-27-16-5-10-28(23,24)14-16/h3-4,11,16H,5-10,12-14H2,1-2H3. The van der Waals surface area contributed by atoms with Gasteiger partial charge >= 0.3 is 0 Å². The first-order valence-electron chi connectivity index (χ1n) is 9.43. The lowest BCUT2D eigenvalue weighted by atomic mass is 10.1. The molecule has 156 valence electrons. The third kappa shape index (κ3) is 5.55. The van der Waals surface area contributed by atoms with Crippen LogP contribution < -0.4 is 9.47 Å². The molecular weight excluding hydrogens is 400 g/mol. The number of ether oxygens (including phenoxy) is 2. The van der Waals surface area contributed by atoms with Gasteiger partial charge in [0.25, 0.3) is 0 Å². The van der Waals surface area contributed by atoms with E-state index >= 15 is 0 Å². The summed E-state index contributed by atoms with van der Waals surface area (Å²) in [6.07, 6.45) is 0.666. The molecule has 2 aliphatic heterocycles. The van der Waals surface area contributed by atoms with Gasteiger partial charge in [-0.3, -0.25) is 9.69 Å². The van der Waals surface area contributed by atoms with Crippen molar-refractivity contribution in [2.45, 2.75) is 18.2 Å². The monoisotopic (exact) mass is 428 g/mol. The second kappa shape index (κ2) is 9.37. The molecule has 0 saturated carbocycles. The van der Waals surface area contributed by atoms with Crippen LogP contribution in [0, 0.1) is 0 Å². The molecule has 3 rings (SSSR count). The zero-order valence-electron chi connectivity index (χ0n) is 16.4. The molecule has 1 atom stereocenters. The number of thioether (sulfide) groups is 1. The molecule has 2 fully saturated rings. The molecule has 1 amide bonds. The summed E-state index contributed by atoms with van der Waals surface area (Å²) in [5, 5.41) is 0.0697. The van der Waals surface area contributed by atoms with Gasteiger partial charge in [0.15, 0.2) is 21.3 Å². The Morgan fingerprint density at radius 2 is 1.86 bits per heavy atom. The van der Waals surface area contributed by atoms with Gasteiger partial charge in [0.05, 0.1) is 31.5 Å². The van der Waals surface area contributed by atoms with Crippen LogP contribution in [-0.4, -0.2) is 87.0 Å². The molecule has 1 aromatic carbocycles. The number of carbonyl (C=O) groups excluding carboxylic acids is 1. The Balaban J connectivity index is 1.43. The van der Waals surface area contributed by atoms with E-state index in [-0.39, 0.29) is 22.7 Å². The number of hydrogen-bond donors (Lipinski definition) is 0. The molecule has 7 nitrogen and oxygen atoms in total. The van der Waals surface area contributed by atoms with E-state index in [9.17, 15) is 13.2 Å². The number of rotatable bonds is 7. The van der Waals surface area contributed by atoms with Crippen molar-refractivity contribution < 1.29 is 22.7 Å². The minimum Gasteiger partial charge on any atom is -0.493 e. The van der Waals surface area contributed by atoms with E-state index in [1.54, 1.807) is 14.2 Å². The first kappa shape index (κ1) is 21.3. The number of sulfone groups is 1. The van der Waals surface area contributed by atoms with E-state index in [2.05, 4.69) is 4.90 Å². The predicted octanol–water partition coefficient (Wildman–Crippen LogP) is 1.27. The lowest BCUT2D eigenvalue weighted by Crippen LogP contribution is -2.48. The molecule has 0 spiro atoms. The van der Waals surface area contributed by atoms with Gasteiger partial charge in [0.1, 0.15) is 0 Å². The zero-order valence-corrected chi connectivity index (χ0v) is 18.1. The lowest BCUT2D eigenvalue weighted by Gasteiger charge is -2.35. The maximum absolute atomic E-state index is 12.4. The van der Waals surface area contributed by atoms with Gasteiger partial charge < -0.3 is 14.4 Å². The third-order valence-corrected chi connectivity index (χ3v) is 8.48. The molecule has 0 N–H and O–H groups in total. The maximum atomic E-state index is 12.4. The van der Waals surface area contributed by atoms with Crippen LogP contribution in [0.25, 0.3) is 0 Å². The molecule has 9 heteroatoms. The molecule has 0 aliphatic carbocycles. The predicted molar refractivity (Wildman–Crippen MR) is 111 cm³/mol. The fraction of sp³-hybridized carbons (Fsp3) is 0.632. The smallest absolute Gasteiger partial charge is 0.232 e. The lowest BCUT2D eigenvalue weighted by molar-refractivity contribution is -0.130. The molecule has 2 aliphatic rings. The van der Waals surface area contributed by atoms with Crippen LogP contribution in [0.3, 0.4) is 0 Å². The maximum Gasteiger partial charge on any atom is 0.232 e. The molecule has 1 unspecified atom stereocenters. The van der Waals surface area contributed by atoms with Crippen LogP contribution >= 0.6 is 11.8 Å². The highest BCUT2D eigenvalue weighted by atomic mass is 32.2. The summed E-state index contributed by atoms with van der Waals surface area (Å²) in [6, 6.07) is 5.93. The van der Waals surface area contributed by atoms with Gasteiger partial charge in [0, 0.05) is 38.0 Å². The summed E-state index contributed by atoms with van der Waals surface area (Å²) in [5.74, 6) is 2.39. The molecule has 1 aromatic rings. The molecule has 2 saturated heterocycles. The molecule has 0 radical (unpaired) electrons. The minimum atomic E-state index is -2.88. The number of amides is 1. The van der Waals surface area contributed by atoms with Crippen molar-refractivity contribution in [1.82, 2.24) is 9.80 Å². The topological polar surface area (TPSA) is 76.2 Å². The minimum absolute atomic E-state index is 0.0697. The van der Waals surface area contributed by atoms with E-state index in [1.807, 2.05) is 23.1 Å². The quantitative estimate of drug-likeness (QED) is 0.647. The molecular formula is C19H28N2O5S2. The Labute approximate surface area is 171 Å². The van der Waals surface area contributed by atoms with E-state index in [4.69, 9.17) is 9.47 Å². The number of methoxy groups -OCH3 is 2. The summed E-state index contributed by atoms with van der Waals surface area (Å²) in [5.41, 5.74) is 1.15. The van der Waals surface area contributed by atoms with Gasteiger partial charge in [-0.2, -0.15) is 0 Å². The fourth-order valence-electron chi connectivity index (χ4n) is 3.57. The summed E-state index contributed by atoms with van der Waals surface area (Å²) in [6.45, 7) is 3.85.